The molecule has 7 heteroatoms. The first kappa shape index (κ1) is 15.6. The topological polar surface area (TPSA) is 67.9 Å². The molecule has 1 aromatic carbocycles. The molecule has 1 aromatic rings. The zero-order valence-electron chi connectivity index (χ0n) is 13.3. The number of carbonyl (C=O) groups excluding carboxylic acids is 2. The molecule has 6 nitrogen and oxygen atoms in total. The van der Waals surface area contributed by atoms with Gasteiger partial charge in [-0.05, 0) is 25.0 Å². The molecular formula is C17H20N2O4S. The highest BCUT2D eigenvalue weighted by Crippen LogP contribution is 2.38. The maximum absolute atomic E-state index is 12.7. The molecule has 128 valence electrons. The summed E-state index contributed by atoms with van der Waals surface area (Å²) >= 11 is 1.63. The van der Waals surface area contributed by atoms with Gasteiger partial charge in [0.15, 0.2) is 11.5 Å². The molecular weight excluding hydrogens is 328 g/mol. The molecule has 2 fully saturated rings. The molecule has 0 aromatic heterocycles. The summed E-state index contributed by atoms with van der Waals surface area (Å²) in [6, 6.07) is 5.03. The average molecular weight is 348 g/mol. The molecule has 1 aliphatic carbocycles. The molecule has 2 heterocycles. The van der Waals surface area contributed by atoms with E-state index in [2.05, 4.69) is 5.32 Å². The molecule has 2 amide bonds. The van der Waals surface area contributed by atoms with Crippen molar-refractivity contribution in [2.75, 3.05) is 30.2 Å². The van der Waals surface area contributed by atoms with E-state index in [4.69, 9.17) is 9.47 Å². The molecule has 1 atom stereocenters. The van der Waals surface area contributed by atoms with Crippen LogP contribution >= 0.6 is 11.8 Å². The zero-order chi connectivity index (χ0) is 16.5. The number of anilines is 1. The molecule has 4 rings (SSSR count). The van der Waals surface area contributed by atoms with Crippen molar-refractivity contribution in [2.24, 2.45) is 5.92 Å². The summed E-state index contributed by atoms with van der Waals surface area (Å²) in [5.74, 6) is 2.52. The van der Waals surface area contributed by atoms with E-state index in [9.17, 15) is 9.59 Å². The third-order valence-electron chi connectivity index (χ3n) is 4.75. The summed E-state index contributed by atoms with van der Waals surface area (Å²) in [5, 5.41) is 2.92. The first-order chi connectivity index (χ1) is 11.7. The largest absolute Gasteiger partial charge is 0.486 e. The van der Waals surface area contributed by atoms with E-state index < -0.39 is 6.04 Å². The van der Waals surface area contributed by atoms with E-state index in [-0.39, 0.29) is 17.7 Å². The van der Waals surface area contributed by atoms with E-state index in [1.165, 1.54) is 0 Å². The minimum absolute atomic E-state index is 0.111. The lowest BCUT2D eigenvalue weighted by Crippen LogP contribution is -2.47. The number of carbonyl (C=O) groups is 2. The molecule has 0 radical (unpaired) electrons. The number of amides is 2. The molecule has 0 unspecified atom stereocenters. The van der Waals surface area contributed by atoms with E-state index >= 15 is 0 Å². The second-order valence-corrected chi connectivity index (χ2v) is 7.27. The second-order valence-electron chi connectivity index (χ2n) is 6.27. The molecule has 2 aliphatic heterocycles. The predicted octanol–water partition coefficient (Wildman–Crippen LogP) is 2.10. The Bertz CT molecular complexity index is 662. The van der Waals surface area contributed by atoms with Crippen molar-refractivity contribution in [1.29, 1.82) is 0 Å². The minimum atomic E-state index is -0.413. The SMILES string of the molecule is O=C(Nc1cccc2c1OCCO2)[C@@H]1CSCN1C(=O)C1CCC1. The summed E-state index contributed by atoms with van der Waals surface area (Å²) in [4.78, 5) is 27.0. The number of hydrogen-bond acceptors (Lipinski definition) is 5. The van der Waals surface area contributed by atoms with Crippen molar-refractivity contribution in [3.8, 4) is 11.5 Å². The van der Waals surface area contributed by atoms with Crippen LogP contribution in [0.1, 0.15) is 19.3 Å². The van der Waals surface area contributed by atoms with Crippen molar-refractivity contribution in [1.82, 2.24) is 4.90 Å². The molecule has 24 heavy (non-hydrogen) atoms. The van der Waals surface area contributed by atoms with E-state index in [0.29, 0.717) is 42.0 Å². The van der Waals surface area contributed by atoms with Crippen LogP contribution in [0.25, 0.3) is 0 Å². The maximum atomic E-state index is 12.7. The fraction of sp³-hybridized carbons (Fsp3) is 0.529. The number of nitrogens with zero attached hydrogens (tertiary/aromatic N) is 1. The quantitative estimate of drug-likeness (QED) is 0.906. The van der Waals surface area contributed by atoms with Crippen LogP contribution in [-0.4, -0.2) is 47.6 Å². The molecule has 1 saturated heterocycles. The van der Waals surface area contributed by atoms with Crippen molar-refractivity contribution in [3.63, 3.8) is 0 Å². The summed E-state index contributed by atoms with van der Waals surface area (Å²) in [6.45, 7) is 0.971. The zero-order valence-corrected chi connectivity index (χ0v) is 14.1. The van der Waals surface area contributed by atoms with Gasteiger partial charge in [-0.1, -0.05) is 12.5 Å². The second kappa shape index (κ2) is 6.55. The third kappa shape index (κ3) is 2.81. The standard InChI is InChI=1S/C17H20N2O4S/c20-16(13-9-24-10-19(13)17(21)11-3-1-4-11)18-12-5-2-6-14-15(12)23-8-7-22-14/h2,5-6,11,13H,1,3-4,7-10H2,(H,18,20)/t13-/m0/s1. The molecule has 1 N–H and O–H groups in total. The number of para-hydroxylation sites is 1. The summed E-state index contributed by atoms with van der Waals surface area (Å²) < 4.78 is 11.2. The number of fused-ring (bicyclic) bond motifs is 1. The highest BCUT2D eigenvalue weighted by molar-refractivity contribution is 7.99. The van der Waals surface area contributed by atoms with Crippen molar-refractivity contribution in [2.45, 2.75) is 25.3 Å². The van der Waals surface area contributed by atoms with Crippen LogP contribution in [0.3, 0.4) is 0 Å². The van der Waals surface area contributed by atoms with Crippen LogP contribution in [0, 0.1) is 5.92 Å². The number of hydrogen-bond donors (Lipinski definition) is 1. The monoisotopic (exact) mass is 348 g/mol. The van der Waals surface area contributed by atoms with Crippen LogP contribution in [0.2, 0.25) is 0 Å². The van der Waals surface area contributed by atoms with Gasteiger partial charge < -0.3 is 19.7 Å². The van der Waals surface area contributed by atoms with Crippen LogP contribution in [-0.2, 0) is 9.59 Å². The Morgan fingerprint density at radius 1 is 1.21 bits per heavy atom. The highest BCUT2D eigenvalue weighted by Gasteiger charge is 2.39. The van der Waals surface area contributed by atoms with Gasteiger partial charge in [-0.15, -0.1) is 11.8 Å². The van der Waals surface area contributed by atoms with E-state index in [1.807, 2.05) is 12.1 Å². The minimum Gasteiger partial charge on any atom is -0.486 e. The Hall–Kier alpha value is -1.89. The van der Waals surface area contributed by atoms with Crippen LogP contribution in [0.15, 0.2) is 18.2 Å². The molecule has 3 aliphatic rings. The van der Waals surface area contributed by atoms with Crippen molar-refractivity contribution in [3.05, 3.63) is 18.2 Å². The van der Waals surface area contributed by atoms with Gasteiger partial charge in [0.05, 0.1) is 11.6 Å². The number of nitrogens with one attached hydrogen (secondary N) is 1. The molecule has 0 spiro atoms. The number of thioether (sulfide) groups is 1. The highest BCUT2D eigenvalue weighted by atomic mass is 32.2. The molecule has 0 bridgehead atoms. The van der Waals surface area contributed by atoms with Gasteiger partial charge in [0.2, 0.25) is 11.8 Å². The lowest BCUT2D eigenvalue weighted by Gasteiger charge is -2.31. The van der Waals surface area contributed by atoms with Gasteiger partial charge in [0.25, 0.3) is 0 Å². The lowest BCUT2D eigenvalue weighted by molar-refractivity contribution is -0.141. The van der Waals surface area contributed by atoms with Gasteiger partial charge in [-0.2, -0.15) is 0 Å². The predicted molar refractivity (Wildman–Crippen MR) is 91.4 cm³/mol. The normalized spacial score (nSPS) is 22.8. The van der Waals surface area contributed by atoms with Crippen molar-refractivity contribution < 1.29 is 19.1 Å². The van der Waals surface area contributed by atoms with Crippen LogP contribution in [0.4, 0.5) is 5.69 Å². The van der Waals surface area contributed by atoms with Gasteiger partial charge in [0.1, 0.15) is 19.3 Å². The van der Waals surface area contributed by atoms with Crippen LogP contribution in [0.5, 0.6) is 11.5 Å². The maximum Gasteiger partial charge on any atom is 0.248 e. The fourth-order valence-corrected chi connectivity index (χ4v) is 4.32. The Balaban J connectivity index is 1.48. The Kier molecular flexibility index (Phi) is 4.26. The Morgan fingerprint density at radius 3 is 2.83 bits per heavy atom. The van der Waals surface area contributed by atoms with Crippen molar-refractivity contribution >= 4 is 29.3 Å². The fourth-order valence-electron chi connectivity index (χ4n) is 3.15. The summed E-state index contributed by atoms with van der Waals surface area (Å²) in [7, 11) is 0. The smallest absolute Gasteiger partial charge is 0.248 e. The van der Waals surface area contributed by atoms with Gasteiger partial charge in [-0.3, -0.25) is 9.59 Å². The number of benzene rings is 1. The lowest BCUT2D eigenvalue weighted by atomic mass is 9.84. The number of rotatable bonds is 3. The Labute approximate surface area is 144 Å². The molecule has 1 saturated carbocycles. The average Bonchev–Trinajstić information content (AvgIpc) is 3.03. The van der Waals surface area contributed by atoms with E-state index in [1.54, 1.807) is 22.7 Å². The van der Waals surface area contributed by atoms with Gasteiger partial charge >= 0.3 is 0 Å². The van der Waals surface area contributed by atoms with Gasteiger partial charge in [0, 0.05) is 11.7 Å². The first-order valence-electron chi connectivity index (χ1n) is 8.32. The van der Waals surface area contributed by atoms with E-state index in [0.717, 1.165) is 19.3 Å². The van der Waals surface area contributed by atoms with Gasteiger partial charge in [-0.25, -0.2) is 0 Å². The Morgan fingerprint density at radius 2 is 2.04 bits per heavy atom. The first-order valence-corrected chi connectivity index (χ1v) is 9.47. The third-order valence-corrected chi connectivity index (χ3v) is 5.76. The summed E-state index contributed by atoms with van der Waals surface area (Å²) in [6.07, 6.45) is 3.01. The summed E-state index contributed by atoms with van der Waals surface area (Å²) in [5.41, 5.74) is 0.602. The van der Waals surface area contributed by atoms with Crippen LogP contribution < -0.4 is 14.8 Å². The number of ether oxygens (including phenoxy) is 2.